The summed E-state index contributed by atoms with van der Waals surface area (Å²) in [5, 5.41) is 0.656. The SMILES string of the molecule is O=C(CSc1ccc(Cl)cc1)N1CCN(C(=O)CN2C(=O)CCC2=O)CC1. The molecule has 0 unspecified atom stereocenters. The summed E-state index contributed by atoms with van der Waals surface area (Å²) in [5.41, 5.74) is 0. The number of thioether (sulfide) groups is 1. The van der Waals surface area contributed by atoms with Crippen LogP contribution in [0, 0.1) is 0 Å². The Morgan fingerprint density at radius 1 is 0.889 bits per heavy atom. The molecule has 2 fully saturated rings. The summed E-state index contributed by atoms with van der Waals surface area (Å²) in [4.78, 5) is 53.3. The average Bonchev–Trinajstić information content (AvgIpc) is 2.99. The average molecular weight is 410 g/mol. The van der Waals surface area contributed by atoms with E-state index in [9.17, 15) is 19.2 Å². The number of hydrogen-bond acceptors (Lipinski definition) is 5. The number of imide groups is 1. The first kappa shape index (κ1) is 19.7. The van der Waals surface area contributed by atoms with E-state index in [1.54, 1.807) is 21.9 Å². The van der Waals surface area contributed by atoms with Crippen molar-refractivity contribution in [3.63, 3.8) is 0 Å². The first-order chi connectivity index (χ1) is 12.9. The molecule has 0 aliphatic carbocycles. The first-order valence-corrected chi connectivity index (χ1v) is 10.1. The smallest absolute Gasteiger partial charge is 0.242 e. The van der Waals surface area contributed by atoms with E-state index in [0.717, 1.165) is 9.80 Å². The second-order valence-electron chi connectivity index (χ2n) is 6.38. The molecule has 0 saturated carbocycles. The van der Waals surface area contributed by atoms with Crippen LogP contribution in [0.15, 0.2) is 29.2 Å². The molecule has 3 rings (SSSR count). The summed E-state index contributed by atoms with van der Waals surface area (Å²) in [7, 11) is 0. The van der Waals surface area contributed by atoms with Crippen LogP contribution in [-0.4, -0.2) is 76.8 Å². The number of halogens is 1. The molecule has 2 heterocycles. The maximum absolute atomic E-state index is 12.4. The van der Waals surface area contributed by atoms with Gasteiger partial charge in [0.2, 0.25) is 23.6 Å². The summed E-state index contributed by atoms with van der Waals surface area (Å²) < 4.78 is 0. The number of nitrogens with zero attached hydrogens (tertiary/aromatic N) is 3. The van der Waals surface area contributed by atoms with Gasteiger partial charge in [-0.05, 0) is 24.3 Å². The topological polar surface area (TPSA) is 78.0 Å². The lowest BCUT2D eigenvalue weighted by molar-refractivity contribution is -0.146. The van der Waals surface area contributed by atoms with Crippen LogP contribution < -0.4 is 0 Å². The van der Waals surface area contributed by atoms with Crippen LogP contribution in [0.4, 0.5) is 0 Å². The molecular weight excluding hydrogens is 390 g/mol. The monoisotopic (exact) mass is 409 g/mol. The molecule has 9 heteroatoms. The van der Waals surface area contributed by atoms with Crippen molar-refractivity contribution in [3.8, 4) is 0 Å². The van der Waals surface area contributed by atoms with Gasteiger partial charge in [-0.15, -0.1) is 11.8 Å². The maximum Gasteiger partial charge on any atom is 0.242 e. The minimum Gasteiger partial charge on any atom is -0.338 e. The number of likely N-dealkylation sites (tertiary alicyclic amines) is 1. The Morgan fingerprint density at radius 3 is 1.96 bits per heavy atom. The van der Waals surface area contributed by atoms with Gasteiger partial charge in [0.1, 0.15) is 6.54 Å². The lowest BCUT2D eigenvalue weighted by atomic mass is 10.3. The normalized spacial score (nSPS) is 17.6. The van der Waals surface area contributed by atoms with Crippen LogP contribution in [0.25, 0.3) is 0 Å². The van der Waals surface area contributed by atoms with Crippen molar-refractivity contribution < 1.29 is 19.2 Å². The quantitative estimate of drug-likeness (QED) is 0.540. The molecule has 144 valence electrons. The molecule has 2 aliphatic rings. The highest BCUT2D eigenvalue weighted by Crippen LogP contribution is 2.21. The summed E-state index contributed by atoms with van der Waals surface area (Å²) in [6.07, 6.45) is 0.360. The Labute approximate surface area is 166 Å². The molecular formula is C18H20ClN3O4S. The van der Waals surface area contributed by atoms with E-state index in [1.807, 2.05) is 12.1 Å². The van der Waals surface area contributed by atoms with E-state index in [1.165, 1.54) is 11.8 Å². The summed E-state index contributed by atoms with van der Waals surface area (Å²) in [5.74, 6) is -0.484. The van der Waals surface area contributed by atoms with Crippen molar-refractivity contribution in [2.45, 2.75) is 17.7 Å². The number of benzene rings is 1. The van der Waals surface area contributed by atoms with Gasteiger partial charge >= 0.3 is 0 Å². The minimum absolute atomic E-state index is 0.0203. The maximum atomic E-state index is 12.4. The summed E-state index contributed by atoms with van der Waals surface area (Å²) in [6, 6.07) is 7.32. The Hall–Kier alpha value is -2.06. The summed E-state index contributed by atoms with van der Waals surface area (Å²) >= 11 is 7.30. The summed E-state index contributed by atoms with van der Waals surface area (Å²) in [6.45, 7) is 1.53. The molecule has 4 amide bonds. The van der Waals surface area contributed by atoms with E-state index in [-0.39, 0.29) is 43.0 Å². The second-order valence-corrected chi connectivity index (χ2v) is 7.86. The van der Waals surface area contributed by atoms with Gasteiger partial charge in [0, 0.05) is 48.9 Å². The predicted octanol–water partition coefficient (Wildman–Crippen LogP) is 1.25. The number of hydrogen-bond donors (Lipinski definition) is 0. The Morgan fingerprint density at radius 2 is 1.41 bits per heavy atom. The molecule has 0 spiro atoms. The van der Waals surface area contributed by atoms with Crippen molar-refractivity contribution >= 4 is 47.0 Å². The minimum atomic E-state index is -0.290. The molecule has 1 aromatic carbocycles. The van der Waals surface area contributed by atoms with Crippen LogP contribution >= 0.6 is 23.4 Å². The fraction of sp³-hybridized carbons (Fsp3) is 0.444. The zero-order valence-corrected chi connectivity index (χ0v) is 16.3. The third kappa shape index (κ3) is 5.01. The van der Waals surface area contributed by atoms with Gasteiger partial charge in [-0.3, -0.25) is 24.1 Å². The number of rotatable bonds is 5. The fourth-order valence-corrected chi connectivity index (χ4v) is 3.93. The van der Waals surface area contributed by atoms with Crippen LogP contribution in [0.1, 0.15) is 12.8 Å². The third-order valence-electron chi connectivity index (χ3n) is 4.61. The fourth-order valence-electron chi connectivity index (χ4n) is 3.01. The third-order valence-corrected chi connectivity index (χ3v) is 5.86. The molecule has 27 heavy (non-hydrogen) atoms. The largest absolute Gasteiger partial charge is 0.338 e. The number of carbonyl (C=O) groups is 4. The number of carbonyl (C=O) groups excluding carboxylic acids is 4. The number of piperazine rings is 1. The van der Waals surface area contributed by atoms with Gasteiger partial charge < -0.3 is 9.80 Å². The molecule has 1 aromatic rings. The van der Waals surface area contributed by atoms with Crippen LogP contribution in [-0.2, 0) is 19.2 Å². The van der Waals surface area contributed by atoms with E-state index in [4.69, 9.17) is 11.6 Å². The van der Waals surface area contributed by atoms with Gasteiger partial charge in [-0.25, -0.2) is 0 Å². The van der Waals surface area contributed by atoms with Crippen molar-refractivity contribution in [2.75, 3.05) is 38.5 Å². The van der Waals surface area contributed by atoms with Crippen LogP contribution in [0.3, 0.4) is 0 Å². The lowest BCUT2D eigenvalue weighted by Crippen LogP contribution is -2.53. The van der Waals surface area contributed by atoms with E-state index < -0.39 is 0 Å². The lowest BCUT2D eigenvalue weighted by Gasteiger charge is -2.35. The molecule has 0 radical (unpaired) electrons. The highest BCUT2D eigenvalue weighted by molar-refractivity contribution is 8.00. The van der Waals surface area contributed by atoms with Crippen molar-refractivity contribution in [1.29, 1.82) is 0 Å². The Kier molecular flexibility index (Phi) is 6.38. The molecule has 7 nitrogen and oxygen atoms in total. The Balaban J connectivity index is 1.43. The van der Waals surface area contributed by atoms with E-state index in [2.05, 4.69) is 0 Å². The van der Waals surface area contributed by atoms with E-state index >= 15 is 0 Å². The highest BCUT2D eigenvalue weighted by Gasteiger charge is 2.32. The van der Waals surface area contributed by atoms with Crippen LogP contribution in [0.5, 0.6) is 0 Å². The molecule has 0 aromatic heterocycles. The van der Waals surface area contributed by atoms with Gasteiger partial charge in [0.05, 0.1) is 5.75 Å². The molecule has 2 saturated heterocycles. The van der Waals surface area contributed by atoms with Gasteiger partial charge in [-0.1, -0.05) is 11.6 Å². The van der Waals surface area contributed by atoms with Crippen molar-refractivity contribution in [2.24, 2.45) is 0 Å². The van der Waals surface area contributed by atoms with Gasteiger partial charge in [0.15, 0.2) is 0 Å². The predicted molar refractivity (Wildman–Crippen MR) is 101 cm³/mol. The Bertz CT molecular complexity index is 731. The molecule has 0 bridgehead atoms. The van der Waals surface area contributed by atoms with E-state index in [0.29, 0.717) is 37.0 Å². The first-order valence-electron chi connectivity index (χ1n) is 8.71. The van der Waals surface area contributed by atoms with Gasteiger partial charge in [-0.2, -0.15) is 0 Å². The molecule has 2 aliphatic heterocycles. The zero-order chi connectivity index (χ0) is 19.4. The number of amides is 4. The van der Waals surface area contributed by atoms with Crippen LogP contribution in [0.2, 0.25) is 5.02 Å². The van der Waals surface area contributed by atoms with Gasteiger partial charge in [0.25, 0.3) is 0 Å². The van der Waals surface area contributed by atoms with Crippen molar-refractivity contribution in [1.82, 2.24) is 14.7 Å². The molecule has 0 atom stereocenters. The zero-order valence-electron chi connectivity index (χ0n) is 14.7. The van der Waals surface area contributed by atoms with Crippen molar-refractivity contribution in [3.05, 3.63) is 29.3 Å². The standard InChI is InChI=1S/C18H20ClN3O4S/c19-13-1-3-14(4-2-13)27-12-18(26)21-9-7-20(8-10-21)17(25)11-22-15(23)5-6-16(22)24/h1-4H,5-12H2. The second kappa shape index (κ2) is 8.75. The molecule has 0 N–H and O–H groups in total. The highest BCUT2D eigenvalue weighted by atomic mass is 35.5.